The fourth-order valence-corrected chi connectivity index (χ4v) is 2.52. The van der Waals surface area contributed by atoms with Crippen molar-refractivity contribution < 1.29 is 9.18 Å². The van der Waals surface area contributed by atoms with Crippen LogP contribution in [0.3, 0.4) is 0 Å². The SMILES string of the molecule is O=C(Cc1ccc2ccccc2n1)c1ccc(F)c(Br)c1. The van der Waals surface area contributed by atoms with Crippen molar-refractivity contribution in [2.75, 3.05) is 0 Å². The normalized spacial score (nSPS) is 10.8. The van der Waals surface area contributed by atoms with Gasteiger partial charge in [0.15, 0.2) is 5.78 Å². The number of Topliss-reactive ketones (excluding diaryl/α,β-unsaturated/α-hetero) is 1. The number of carbonyl (C=O) groups is 1. The molecule has 0 spiro atoms. The first-order valence-electron chi connectivity index (χ1n) is 6.46. The van der Waals surface area contributed by atoms with Gasteiger partial charge >= 0.3 is 0 Å². The van der Waals surface area contributed by atoms with Crippen LogP contribution in [0.5, 0.6) is 0 Å². The number of benzene rings is 2. The van der Waals surface area contributed by atoms with Gasteiger partial charge in [0, 0.05) is 16.6 Å². The van der Waals surface area contributed by atoms with E-state index >= 15 is 0 Å². The van der Waals surface area contributed by atoms with Crippen LogP contribution in [0.2, 0.25) is 0 Å². The second-order valence-electron chi connectivity index (χ2n) is 4.72. The van der Waals surface area contributed by atoms with Gasteiger partial charge in [-0.15, -0.1) is 0 Å². The number of aromatic nitrogens is 1. The molecule has 0 bridgehead atoms. The van der Waals surface area contributed by atoms with Gasteiger partial charge in [-0.25, -0.2) is 4.39 Å². The molecular weight excluding hydrogens is 333 g/mol. The third-order valence-corrected chi connectivity index (χ3v) is 3.85. The Hall–Kier alpha value is -2.07. The van der Waals surface area contributed by atoms with E-state index < -0.39 is 0 Å². The van der Waals surface area contributed by atoms with Gasteiger partial charge in [-0.1, -0.05) is 24.3 Å². The van der Waals surface area contributed by atoms with Gasteiger partial charge in [0.1, 0.15) is 5.82 Å². The zero-order valence-electron chi connectivity index (χ0n) is 11.0. The number of hydrogen-bond acceptors (Lipinski definition) is 2. The summed E-state index contributed by atoms with van der Waals surface area (Å²) in [5, 5.41) is 1.04. The molecule has 3 aromatic rings. The van der Waals surface area contributed by atoms with Crippen LogP contribution in [0, 0.1) is 5.82 Å². The van der Waals surface area contributed by atoms with Crippen molar-refractivity contribution in [3.8, 4) is 0 Å². The van der Waals surface area contributed by atoms with Crippen LogP contribution in [-0.2, 0) is 6.42 Å². The van der Waals surface area contributed by atoms with E-state index in [1.165, 1.54) is 18.2 Å². The highest BCUT2D eigenvalue weighted by Crippen LogP contribution is 2.18. The topological polar surface area (TPSA) is 30.0 Å². The smallest absolute Gasteiger partial charge is 0.168 e. The largest absolute Gasteiger partial charge is 0.294 e. The maximum absolute atomic E-state index is 13.2. The van der Waals surface area contributed by atoms with Crippen LogP contribution < -0.4 is 0 Å². The van der Waals surface area contributed by atoms with Gasteiger partial charge in [0.25, 0.3) is 0 Å². The average Bonchev–Trinajstić information content (AvgIpc) is 2.50. The average molecular weight is 344 g/mol. The number of rotatable bonds is 3. The van der Waals surface area contributed by atoms with Crippen molar-refractivity contribution in [1.82, 2.24) is 4.98 Å². The number of halogens is 2. The monoisotopic (exact) mass is 343 g/mol. The fraction of sp³-hybridized carbons (Fsp3) is 0.0588. The Labute approximate surface area is 129 Å². The van der Waals surface area contributed by atoms with E-state index in [1.807, 2.05) is 36.4 Å². The first-order chi connectivity index (χ1) is 10.1. The summed E-state index contributed by atoms with van der Waals surface area (Å²) in [6.07, 6.45) is 0.197. The minimum atomic E-state index is -0.379. The molecule has 0 saturated heterocycles. The molecule has 2 aromatic carbocycles. The van der Waals surface area contributed by atoms with Crippen molar-refractivity contribution in [3.63, 3.8) is 0 Å². The van der Waals surface area contributed by atoms with Crippen LogP contribution in [0.25, 0.3) is 10.9 Å². The highest BCUT2D eigenvalue weighted by molar-refractivity contribution is 9.10. The molecule has 104 valence electrons. The summed E-state index contributed by atoms with van der Waals surface area (Å²) in [4.78, 5) is 16.7. The lowest BCUT2D eigenvalue weighted by molar-refractivity contribution is 0.0992. The molecule has 1 aromatic heterocycles. The minimum Gasteiger partial charge on any atom is -0.294 e. The zero-order chi connectivity index (χ0) is 14.8. The molecule has 21 heavy (non-hydrogen) atoms. The maximum atomic E-state index is 13.2. The molecule has 0 saturated carbocycles. The Morgan fingerprint density at radius 2 is 1.90 bits per heavy atom. The van der Waals surface area contributed by atoms with Crippen LogP contribution in [0.15, 0.2) is 59.1 Å². The Bertz CT molecular complexity index is 832. The van der Waals surface area contributed by atoms with Crippen molar-refractivity contribution in [1.29, 1.82) is 0 Å². The number of carbonyl (C=O) groups excluding carboxylic acids is 1. The summed E-state index contributed by atoms with van der Waals surface area (Å²) in [5.41, 5.74) is 2.04. The lowest BCUT2D eigenvalue weighted by atomic mass is 10.1. The van der Waals surface area contributed by atoms with Gasteiger partial charge in [-0.3, -0.25) is 9.78 Å². The van der Waals surface area contributed by atoms with E-state index in [2.05, 4.69) is 20.9 Å². The molecule has 0 unspecified atom stereocenters. The van der Waals surface area contributed by atoms with Crippen molar-refractivity contribution >= 4 is 32.6 Å². The lowest BCUT2D eigenvalue weighted by Gasteiger charge is -2.04. The van der Waals surface area contributed by atoms with E-state index in [9.17, 15) is 9.18 Å². The van der Waals surface area contributed by atoms with E-state index in [0.717, 1.165) is 10.9 Å². The summed E-state index contributed by atoms with van der Waals surface area (Å²) in [5.74, 6) is -0.464. The molecule has 3 rings (SSSR count). The molecule has 0 radical (unpaired) electrons. The molecule has 0 aliphatic carbocycles. The summed E-state index contributed by atoms with van der Waals surface area (Å²) < 4.78 is 13.5. The maximum Gasteiger partial charge on any atom is 0.168 e. The molecule has 0 N–H and O–H groups in total. The van der Waals surface area contributed by atoms with Crippen LogP contribution in [0.1, 0.15) is 16.1 Å². The van der Waals surface area contributed by atoms with Crippen LogP contribution >= 0.6 is 15.9 Å². The molecular formula is C17H11BrFNO. The molecule has 4 heteroatoms. The Morgan fingerprint density at radius 1 is 1.10 bits per heavy atom. The quantitative estimate of drug-likeness (QED) is 0.652. The third-order valence-electron chi connectivity index (χ3n) is 3.24. The van der Waals surface area contributed by atoms with Gasteiger partial charge in [-0.2, -0.15) is 0 Å². The zero-order valence-corrected chi connectivity index (χ0v) is 12.6. The third kappa shape index (κ3) is 3.00. The Balaban J connectivity index is 1.87. The molecule has 0 fully saturated rings. The predicted octanol–water partition coefficient (Wildman–Crippen LogP) is 4.56. The number of para-hydroxylation sites is 1. The van der Waals surface area contributed by atoms with E-state index in [-0.39, 0.29) is 18.0 Å². The van der Waals surface area contributed by atoms with E-state index in [4.69, 9.17) is 0 Å². The van der Waals surface area contributed by atoms with Crippen molar-refractivity contribution in [3.05, 3.63) is 76.1 Å². The lowest BCUT2D eigenvalue weighted by Crippen LogP contribution is -2.05. The summed E-state index contributed by atoms with van der Waals surface area (Å²) in [6, 6.07) is 15.8. The number of nitrogens with zero attached hydrogens (tertiary/aromatic N) is 1. The van der Waals surface area contributed by atoms with Gasteiger partial charge < -0.3 is 0 Å². The predicted molar refractivity (Wildman–Crippen MR) is 83.9 cm³/mol. The fourth-order valence-electron chi connectivity index (χ4n) is 2.14. The Morgan fingerprint density at radius 3 is 2.71 bits per heavy atom. The number of hydrogen-bond donors (Lipinski definition) is 0. The molecule has 0 atom stereocenters. The van der Waals surface area contributed by atoms with E-state index in [1.54, 1.807) is 0 Å². The molecule has 0 amide bonds. The van der Waals surface area contributed by atoms with Crippen molar-refractivity contribution in [2.45, 2.75) is 6.42 Å². The van der Waals surface area contributed by atoms with Gasteiger partial charge in [0.2, 0.25) is 0 Å². The van der Waals surface area contributed by atoms with Crippen LogP contribution in [-0.4, -0.2) is 10.8 Å². The second kappa shape index (κ2) is 5.74. The molecule has 1 heterocycles. The summed E-state index contributed by atoms with van der Waals surface area (Å²) >= 11 is 3.09. The summed E-state index contributed by atoms with van der Waals surface area (Å²) in [6.45, 7) is 0. The number of ketones is 1. The molecule has 0 aliphatic rings. The number of fused-ring (bicyclic) bond motifs is 1. The second-order valence-corrected chi connectivity index (χ2v) is 5.58. The first-order valence-corrected chi connectivity index (χ1v) is 7.26. The van der Waals surface area contributed by atoms with Crippen LogP contribution in [0.4, 0.5) is 4.39 Å². The highest BCUT2D eigenvalue weighted by Gasteiger charge is 2.10. The Kier molecular flexibility index (Phi) is 3.80. The summed E-state index contributed by atoms with van der Waals surface area (Å²) in [7, 11) is 0. The first kappa shape index (κ1) is 13.9. The number of pyridine rings is 1. The van der Waals surface area contributed by atoms with Gasteiger partial charge in [0.05, 0.1) is 16.4 Å². The highest BCUT2D eigenvalue weighted by atomic mass is 79.9. The molecule has 0 aliphatic heterocycles. The van der Waals surface area contributed by atoms with Gasteiger partial charge in [-0.05, 0) is 46.3 Å². The minimum absolute atomic E-state index is 0.0847. The molecule has 2 nitrogen and oxygen atoms in total. The van der Waals surface area contributed by atoms with E-state index in [0.29, 0.717) is 15.7 Å². The van der Waals surface area contributed by atoms with Crippen molar-refractivity contribution in [2.24, 2.45) is 0 Å². The standard InChI is InChI=1S/C17H11BrFNO/c18-14-9-12(6-8-15(14)19)17(21)10-13-7-5-11-3-1-2-4-16(11)20-13/h1-9H,10H2.